The number of halogens is 1. The number of methoxy groups -OCH3 is 4. The third-order valence-corrected chi connectivity index (χ3v) is 12.6. The molecular weight excluding hydrogens is 804 g/mol. The Hall–Kier alpha value is -5.94. The van der Waals surface area contributed by atoms with E-state index in [9.17, 15) is 5.11 Å². The van der Waals surface area contributed by atoms with Gasteiger partial charge in [0, 0.05) is 35.9 Å². The van der Waals surface area contributed by atoms with Crippen LogP contribution in [0.4, 0.5) is 0 Å². The van der Waals surface area contributed by atoms with Crippen LogP contribution in [-0.4, -0.2) is 62.1 Å². The summed E-state index contributed by atoms with van der Waals surface area (Å²) in [6.45, 7) is 7.57. The molecule has 3 aliphatic rings. The number of hydrogen-bond donors (Lipinski definition) is 1. The second-order valence-electron chi connectivity index (χ2n) is 16.1. The number of aliphatic hydroxyl groups is 1. The molecule has 0 amide bonds. The first kappa shape index (κ1) is 44.1. The van der Waals surface area contributed by atoms with Gasteiger partial charge in [0.1, 0.15) is 61.5 Å². The molecule has 0 spiro atoms. The summed E-state index contributed by atoms with van der Waals surface area (Å²) in [6.07, 6.45) is 5.10. The monoisotopic (exact) mass is 859 g/mol. The maximum absolute atomic E-state index is 12.6. The summed E-state index contributed by atoms with van der Waals surface area (Å²) < 4.78 is 42.7. The number of hydrogen-bond acceptors (Lipinski definition) is 9. The summed E-state index contributed by atoms with van der Waals surface area (Å²) in [5.41, 5.74) is 5.63. The largest absolute Gasteiger partial charge is 0.497 e. The molecule has 3 unspecified atom stereocenters. The van der Waals surface area contributed by atoms with Gasteiger partial charge in [-0.25, -0.2) is 0 Å². The smallest absolute Gasteiger partial charge is 0.203 e. The topological polar surface area (TPSA) is 97.7 Å². The third kappa shape index (κ3) is 9.58. The Balaban J connectivity index is 0.00000578. The number of quaternary nitrogens is 1. The number of rotatable bonds is 18. The van der Waals surface area contributed by atoms with E-state index >= 15 is 0 Å². The Kier molecular flexibility index (Phi) is 14.1. The lowest BCUT2D eigenvalue weighted by Crippen LogP contribution is -2.67. The minimum Gasteiger partial charge on any atom is -0.497 e. The van der Waals surface area contributed by atoms with Crippen LogP contribution in [0.15, 0.2) is 128 Å². The van der Waals surface area contributed by atoms with Crippen LogP contribution in [0.2, 0.25) is 0 Å². The fraction of sp³-hybridized carbons (Fsp3) is 0.314. The number of benzene rings is 5. The minimum absolute atomic E-state index is 0. The highest BCUT2D eigenvalue weighted by molar-refractivity contribution is 5.85. The van der Waals surface area contributed by atoms with Crippen LogP contribution in [-0.2, 0) is 26.4 Å². The summed E-state index contributed by atoms with van der Waals surface area (Å²) >= 11 is 0. The zero-order valence-electron chi connectivity index (χ0n) is 35.8. The Morgan fingerprint density at radius 1 is 0.677 bits per heavy atom. The molecule has 2 bridgehead atoms. The van der Waals surface area contributed by atoms with E-state index in [1.54, 1.807) is 34.6 Å². The molecular formula is C51H56ClN2O8+. The highest BCUT2D eigenvalue weighted by Gasteiger charge is 2.54. The molecule has 324 valence electrons. The first-order valence-electron chi connectivity index (χ1n) is 20.8. The molecule has 11 heteroatoms. The Morgan fingerprint density at radius 3 is 1.71 bits per heavy atom. The van der Waals surface area contributed by atoms with Crippen molar-refractivity contribution in [2.24, 2.45) is 11.8 Å². The molecule has 3 saturated heterocycles. The van der Waals surface area contributed by atoms with Gasteiger partial charge >= 0.3 is 0 Å². The second kappa shape index (κ2) is 19.8. The molecule has 1 N–H and O–H groups in total. The molecule has 5 atom stereocenters. The maximum Gasteiger partial charge on any atom is 0.203 e. The van der Waals surface area contributed by atoms with Gasteiger partial charge in [0.05, 0.1) is 47.0 Å². The van der Waals surface area contributed by atoms with Crippen LogP contribution < -0.4 is 33.2 Å². The molecule has 3 aliphatic heterocycles. The van der Waals surface area contributed by atoms with Crippen molar-refractivity contribution >= 4 is 23.3 Å². The molecule has 0 saturated carbocycles. The van der Waals surface area contributed by atoms with Gasteiger partial charge in [0.2, 0.25) is 5.75 Å². The highest BCUT2D eigenvalue weighted by atomic mass is 35.5. The Morgan fingerprint density at radius 2 is 1.19 bits per heavy atom. The SMILES string of the molecule is C=CC1C[N+]2(Cc3cc(OCc4ccc(OC)cc4)c(OCc4ccc(OC)cc4)c(OCc4ccc(OC)cc4)c3)CCC1C[C@H]2[C@H](O)c1ccnc2ccc(OC)cc12.Cl. The van der Waals surface area contributed by atoms with E-state index in [2.05, 4.69) is 29.8 Å². The molecule has 1 aromatic heterocycles. The number of fused-ring (bicyclic) bond motifs is 4. The van der Waals surface area contributed by atoms with E-state index in [1.807, 2.05) is 97.1 Å². The summed E-state index contributed by atoms with van der Waals surface area (Å²) in [6, 6.07) is 35.5. The Bertz CT molecular complexity index is 2360. The third-order valence-electron chi connectivity index (χ3n) is 12.6. The van der Waals surface area contributed by atoms with Crippen molar-refractivity contribution in [3.8, 4) is 40.2 Å². The zero-order valence-corrected chi connectivity index (χ0v) is 36.6. The average Bonchev–Trinajstić information content (AvgIpc) is 3.32. The number of piperidine rings is 3. The van der Waals surface area contributed by atoms with Crippen molar-refractivity contribution in [1.29, 1.82) is 0 Å². The molecule has 0 radical (unpaired) electrons. The van der Waals surface area contributed by atoms with Crippen LogP contribution >= 0.6 is 12.4 Å². The van der Waals surface area contributed by atoms with Gasteiger partial charge in [-0.15, -0.1) is 19.0 Å². The van der Waals surface area contributed by atoms with E-state index in [0.717, 1.165) is 87.6 Å². The van der Waals surface area contributed by atoms with Crippen molar-refractivity contribution in [2.75, 3.05) is 41.5 Å². The van der Waals surface area contributed by atoms with Crippen molar-refractivity contribution in [3.63, 3.8) is 0 Å². The number of pyridine rings is 1. The molecule has 6 aromatic rings. The minimum atomic E-state index is -0.741. The van der Waals surface area contributed by atoms with Crippen LogP contribution in [0.5, 0.6) is 40.2 Å². The van der Waals surface area contributed by atoms with E-state index in [4.69, 9.17) is 33.2 Å². The van der Waals surface area contributed by atoms with Crippen molar-refractivity contribution < 1.29 is 42.7 Å². The fourth-order valence-electron chi connectivity index (χ4n) is 9.21. The van der Waals surface area contributed by atoms with Gasteiger partial charge in [-0.2, -0.15) is 0 Å². The first-order valence-corrected chi connectivity index (χ1v) is 20.8. The molecule has 0 aliphatic carbocycles. The average molecular weight is 860 g/mol. The predicted molar refractivity (Wildman–Crippen MR) is 243 cm³/mol. The van der Waals surface area contributed by atoms with Gasteiger partial charge in [0.25, 0.3) is 0 Å². The van der Waals surface area contributed by atoms with Gasteiger partial charge in [-0.1, -0.05) is 42.5 Å². The standard InChI is InChI=1S/C51H55N2O8.ClH/c1-6-38-30-53(24-22-39(38)27-47(53)50(54)44-21-23-52-46-20-19-43(58-5)28-45(44)46)29-37-25-48(59-31-34-7-13-40(55-2)14-8-34)51(61-33-36-11-17-42(57-4)18-12-36)49(26-37)60-32-35-9-15-41(56-3)16-10-35;/h6-21,23,25-26,28,38-39,47,50,54H,1,22,24,27,29-33H2,2-5H3;1H/q+1;/t38?,39?,47-,50+,53?;/m0./s1. The van der Waals surface area contributed by atoms with Crippen LogP contribution in [0.1, 0.15) is 46.8 Å². The Labute approximate surface area is 370 Å². The fourth-order valence-corrected chi connectivity index (χ4v) is 9.21. The molecule has 4 heterocycles. The van der Waals surface area contributed by atoms with E-state index in [-0.39, 0.29) is 25.1 Å². The van der Waals surface area contributed by atoms with Gasteiger partial charge < -0.3 is 42.7 Å². The number of ether oxygens (including phenoxy) is 7. The van der Waals surface area contributed by atoms with Crippen molar-refractivity contribution in [1.82, 2.24) is 4.98 Å². The summed E-state index contributed by atoms with van der Waals surface area (Å²) in [5, 5.41) is 13.5. The van der Waals surface area contributed by atoms with Gasteiger partial charge in [0.15, 0.2) is 11.5 Å². The van der Waals surface area contributed by atoms with E-state index < -0.39 is 6.10 Å². The molecule has 5 aromatic carbocycles. The number of nitrogens with zero attached hydrogens (tertiary/aromatic N) is 2. The molecule has 10 nitrogen and oxygen atoms in total. The highest BCUT2D eigenvalue weighted by Crippen LogP contribution is 2.49. The van der Waals surface area contributed by atoms with Crippen LogP contribution in [0, 0.1) is 11.8 Å². The number of aromatic nitrogens is 1. The van der Waals surface area contributed by atoms with Crippen LogP contribution in [0.3, 0.4) is 0 Å². The summed E-state index contributed by atoms with van der Waals surface area (Å²) in [5.74, 6) is 5.48. The van der Waals surface area contributed by atoms with Crippen molar-refractivity contribution in [2.45, 2.75) is 51.4 Å². The normalized spacial score (nSPS) is 19.5. The predicted octanol–water partition coefficient (Wildman–Crippen LogP) is 10.1. The molecule has 9 rings (SSSR count). The zero-order chi connectivity index (χ0) is 42.3. The van der Waals surface area contributed by atoms with E-state index in [1.165, 1.54) is 0 Å². The first-order chi connectivity index (χ1) is 29.8. The molecule has 3 fully saturated rings. The summed E-state index contributed by atoms with van der Waals surface area (Å²) in [4.78, 5) is 4.63. The van der Waals surface area contributed by atoms with E-state index in [0.29, 0.717) is 53.3 Å². The molecule has 62 heavy (non-hydrogen) atoms. The number of aliphatic hydroxyl groups excluding tert-OH is 1. The second-order valence-corrected chi connectivity index (χ2v) is 16.1. The van der Waals surface area contributed by atoms with Crippen LogP contribution in [0.25, 0.3) is 10.9 Å². The van der Waals surface area contributed by atoms with Gasteiger partial charge in [-0.05, 0) is 101 Å². The quantitative estimate of drug-likeness (QED) is 0.0669. The summed E-state index contributed by atoms with van der Waals surface area (Å²) in [7, 11) is 6.63. The maximum atomic E-state index is 12.6. The van der Waals surface area contributed by atoms with Gasteiger partial charge in [-0.3, -0.25) is 4.98 Å². The lowest BCUT2D eigenvalue weighted by Gasteiger charge is -2.58. The lowest BCUT2D eigenvalue weighted by molar-refractivity contribution is -0.984. The van der Waals surface area contributed by atoms with Crippen molar-refractivity contribution in [3.05, 3.63) is 156 Å². The lowest BCUT2D eigenvalue weighted by atomic mass is 9.71.